The summed E-state index contributed by atoms with van der Waals surface area (Å²) in [5.41, 5.74) is 4.39. The van der Waals surface area contributed by atoms with Crippen molar-refractivity contribution >= 4 is 21.7 Å². The maximum Gasteiger partial charge on any atom is 0.329 e. The average Bonchev–Trinajstić information content (AvgIpc) is 2.17. The number of rotatable bonds is 2. The van der Waals surface area contributed by atoms with Crippen molar-refractivity contribution in [3.05, 3.63) is 24.0 Å². The van der Waals surface area contributed by atoms with Crippen LogP contribution in [0.4, 0.5) is 14.9 Å². The summed E-state index contributed by atoms with van der Waals surface area (Å²) in [6, 6.07) is 2.03. The Kier molecular flexibility index (Phi) is 4.04. The van der Waals surface area contributed by atoms with E-state index in [-0.39, 0.29) is 10.6 Å². The predicted octanol–water partition coefficient (Wildman–Crippen LogP) is 1.19. The van der Waals surface area contributed by atoms with Crippen LogP contribution in [0.2, 0.25) is 0 Å². The fraction of sp³-hybridized carbons (Fsp3) is 0.364. The molecule has 0 saturated carbocycles. The van der Waals surface area contributed by atoms with E-state index in [4.69, 9.17) is 5.73 Å². The highest BCUT2D eigenvalue weighted by Crippen LogP contribution is 2.16. The molecular formula is C11H16FN3O3S. The average molecular weight is 289 g/mol. The molecule has 1 aromatic rings. The number of sulfonamides is 1. The highest BCUT2D eigenvalue weighted by atomic mass is 32.2. The van der Waals surface area contributed by atoms with Gasteiger partial charge in [0.05, 0.1) is 10.6 Å². The summed E-state index contributed by atoms with van der Waals surface area (Å²) in [5.74, 6) is -0.724. The smallest absolute Gasteiger partial charge is 0.329 e. The van der Waals surface area contributed by atoms with Gasteiger partial charge < -0.3 is 11.1 Å². The van der Waals surface area contributed by atoms with Crippen molar-refractivity contribution in [2.75, 3.05) is 5.73 Å². The highest BCUT2D eigenvalue weighted by molar-refractivity contribution is 7.90. The number of nitrogens with one attached hydrogen (secondary N) is 2. The molecule has 0 spiro atoms. The molecule has 8 heteroatoms. The van der Waals surface area contributed by atoms with E-state index in [0.29, 0.717) is 0 Å². The number of carbonyl (C=O) groups is 1. The number of amides is 2. The minimum Gasteiger partial charge on any atom is -0.396 e. The Morgan fingerprint density at radius 3 is 2.37 bits per heavy atom. The van der Waals surface area contributed by atoms with Crippen LogP contribution in [0.5, 0.6) is 0 Å². The lowest BCUT2D eigenvalue weighted by molar-refractivity contribution is 0.237. The first kappa shape index (κ1) is 15.2. The molecule has 1 aromatic carbocycles. The largest absolute Gasteiger partial charge is 0.396 e. The van der Waals surface area contributed by atoms with Crippen molar-refractivity contribution in [3.63, 3.8) is 0 Å². The molecule has 0 fully saturated rings. The zero-order chi connectivity index (χ0) is 14.8. The van der Waals surface area contributed by atoms with Gasteiger partial charge in [-0.05, 0) is 39.0 Å². The Labute approximate surface area is 111 Å². The molecule has 0 unspecified atom stereocenters. The number of nitrogens with two attached hydrogens (primary N) is 1. The third-order valence-electron chi connectivity index (χ3n) is 1.99. The fourth-order valence-electron chi connectivity index (χ4n) is 1.24. The second-order valence-corrected chi connectivity index (χ2v) is 6.68. The second-order valence-electron chi connectivity index (χ2n) is 4.99. The second kappa shape index (κ2) is 5.04. The Morgan fingerprint density at radius 2 is 1.89 bits per heavy atom. The number of hydrogen-bond acceptors (Lipinski definition) is 4. The number of carbonyl (C=O) groups excluding carboxylic acids is 1. The van der Waals surface area contributed by atoms with Crippen molar-refractivity contribution < 1.29 is 17.6 Å². The van der Waals surface area contributed by atoms with Crippen molar-refractivity contribution in [1.82, 2.24) is 10.0 Å². The summed E-state index contributed by atoms with van der Waals surface area (Å²) in [7, 11) is -4.08. The fourth-order valence-corrected chi connectivity index (χ4v) is 2.18. The summed E-state index contributed by atoms with van der Waals surface area (Å²) in [5, 5.41) is 2.44. The van der Waals surface area contributed by atoms with E-state index in [1.807, 2.05) is 4.72 Å². The van der Waals surface area contributed by atoms with Crippen LogP contribution in [0, 0.1) is 5.82 Å². The van der Waals surface area contributed by atoms with E-state index in [9.17, 15) is 17.6 Å². The topological polar surface area (TPSA) is 101 Å². The van der Waals surface area contributed by atoms with Gasteiger partial charge in [-0.15, -0.1) is 0 Å². The van der Waals surface area contributed by atoms with E-state index in [1.165, 1.54) is 0 Å². The first-order valence-corrected chi connectivity index (χ1v) is 6.89. The van der Waals surface area contributed by atoms with Crippen LogP contribution in [-0.4, -0.2) is 20.0 Å². The highest BCUT2D eigenvalue weighted by Gasteiger charge is 2.21. The monoisotopic (exact) mass is 289 g/mol. The van der Waals surface area contributed by atoms with E-state index in [2.05, 4.69) is 5.32 Å². The quantitative estimate of drug-likeness (QED) is 0.712. The normalized spacial score (nSPS) is 12.0. The van der Waals surface area contributed by atoms with E-state index >= 15 is 0 Å². The van der Waals surface area contributed by atoms with Gasteiger partial charge in [-0.1, -0.05) is 0 Å². The first-order chi connectivity index (χ1) is 8.51. The number of urea groups is 1. The van der Waals surface area contributed by atoms with Gasteiger partial charge in [-0.25, -0.2) is 22.3 Å². The third-order valence-corrected chi connectivity index (χ3v) is 3.32. The molecular weight excluding hydrogens is 273 g/mol. The molecule has 1 rings (SSSR count). The van der Waals surface area contributed by atoms with Crippen molar-refractivity contribution in [1.29, 1.82) is 0 Å². The first-order valence-electron chi connectivity index (χ1n) is 5.41. The van der Waals surface area contributed by atoms with Gasteiger partial charge in [-0.3, -0.25) is 0 Å². The lowest BCUT2D eigenvalue weighted by atomic mass is 10.1. The number of nitrogen functional groups attached to an aromatic ring is 1. The van der Waals surface area contributed by atoms with Crippen LogP contribution in [0.3, 0.4) is 0 Å². The van der Waals surface area contributed by atoms with Gasteiger partial charge >= 0.3 is 6.03 Å². The standard InChI is InChI=1S/C11H16FN3O3S/c1-11(2,3)14-10(16)15-19(17,18)7-4-5-8(12)9(13)6-7/h4-6H,13H2,1-3H3,(H2,14,15,16). The van der Waals surface area contributed by atoms with Gasteiger partial charge in [0, 0.05) is 5.54 Å². The lowest BCUT2D eigenvalue weighted by Gasteiger charge is -2.20. The van der Waals surface area contributed by atoms with Crippen molar-refractivity contribution in [2.45, 2.75) is 31.2 Å². The van der Waals surface area contributed by atoms with Crippen LogP contribution in [0.25, 0.3) is 0 Å². The summed E-state index contributed by atoms with van der Waals surface area (Å²) in [6.45, 7) is 5.11. The summed E-state index contributed by atoms with van der Waals surface area (Å²) >= 11 is 0. The van der Waals surface area contributed by atoms with Crippen LogP contribution in [0.1, 0.15) is 20.8 Å². The molecule has 0 radical (unpaired) electrons. The predicted molar refractivity (Wildman–Crippen MR) is 69.4 cm³/mol. The van der Waals surface area contributed by atoms with Gasteiger partial charge in [-0.2, -0.15) is 0 Å². The molecule has 106 valence electrons. The Morgan fingerprint density at radius 1 is 1.32 bits per heavy atom. The van der Waals surface area contributed by atoms with Crippen LogP contribution < -0.4 is 15.8 Å². The molecule has 0 heterocycles. The van der Waals surface area contributed by atoms with Gasteiger partial charge in [0.15, 0.2) is 0 Å². The van der Waals surface area contributed by atoms with E-state index < -0.39 is 27.4 Å². The molecule has 0 aliphatic carbocycles. The lowest BCUT2D eigenvalue weighted by Crippen LogP contribution is -2.48. The number of halogens is 1. The minimum absolute atomic E-state index is 0.282. The van der Waals surface area contributed by atoms with Crippen molar-refractivity contribution in [2.24, 2.45) is 0 Å². The van der Waals surface area contributed by atoms with Crippen LogP contribution in [0.15, 0.2) is 23.1 Å². The molecule has 2 amide bonds. The van der Waals surface area contributed by atoms with E-state index in [1.54, 1.807) is 20.8 Å². The molecule has 0 aromatic heterocycles. The van der Waals surface area contributed by atoms with E-state index in [0.717, 1.165) is 18.2 Å². The molecule has 6 nitrogen and oxygen atoms in total. The summed E-state index contributed by atoms with van der Waals surface area (Å²) < 4.78 is 38.5. The molecule has 0 bridgehead atoms. The Bertz CT molecular complexity index is 594. The molecule has 0 saturated heterocycles. The number of hydrogen-bond donors (Lipinski definition) is 3. The van der Waals surface area contributed by atoms with Crippen LogP contribution >= 0.6 is 0 Å². The SMILES string of the molecule is CC(C)(C)NC(=O)NS(=O)(=O)c1ccc(F)c(N)c1. The number of benzene rings is 1. The zero-order valence-electron chi connectivity index (χ0n) is 10.8. The Hall–Kier alpha value is -1.83. The van der Waals surface area contributed by atoms with Gasteiger partial charge in [0.25, 0.3) is 10.0 Å². The minimum atomic E-state index is -4.08. The third kappa shape index (κ3) is 4.40. The molecule has 4 N–H and O–H groups in total. The Balaban J connectivity index is 2.93. The molecule has 0 aliphatic heterocycles. The molecule has 0 aliphatic rings. The van der Waals surface area contributed by atoms with Gasteiger partial charge in [0.1, 0.15) is 5.82 Å². The van der Waals surface area contributed by atoms with Gasteiger partial charge in [0.2, 0.25) is 0 Å². The van der Waals surface area contributed by atoms with Crippen molar-refractivity contribution in [3.8, 4) is 0 Å². The summed E-state index contributed by atoms with van der Waals surface area (Å²) in [4.78, 5) is 11.2. The number of anilines is 1. The van der Waals surface area contributed by atoms with Crippen LogP contribution in [-0.2, 0) is 10.0 Å². The maximum atomic E-state index is 13.0. The zero-order valence-corrected chi connectivity index (χ0v) is 11.6. The molecule has 0 atom stereocenters. The summed E-state index contributed by atoms with van der Waals surface area (Å²) in [6.07, 6.45) is 0. The molecule has 19 heavy (non-hydrogen) atoms. The maximum absolute atomic E-state index is 13.0.